The van der Waals surface area contributed by atoms with Gasteiger partial charge in [-0.05, 0) is 43.0 Å². The van der Waals surface area contributed by atoms with Crippen LogP contribution in [0.25, 0.3) is 5.69 Å². The molecule has 2 N–H and O–H groups in total. The van der Waals surface area contributed by atoms with Gasteiger partial charge in [-0.15, -0.1) is 0 Å². The number of anilines is 1. The number of nitrogens with zero attached hydrogens (tertiary/aromatic N) is 2. The van der Waals surface area contributed by atoms with Crippen molar-refractivity contribution >= 4 is 11.8 Å². The Labute approximate surface area is 152 Å². The maximum atomic E-state index is 11.3. The maximum absolute atomic E-state index is 11.3. The van der Waals surface area contributed by atoms with Crippen molar-refractivity contribution in [2.24, 2.45) is 0 Å². The highest BCUT2D eigenvalue weighted by molar-refractivity contribution is 5.88. The van der Waals surface area contributed by atoms with Gasteiger partial charge in [0, 0.05) is 18.5 Å². The number of carbonyl (C=O) groups is 1. The minimum Gasteiger partial charge on any atom is -0.478 e. The number of fused-ring (bicyclic) bond motifs is 1. The van der Waals surface area contributed by atoms with Gasteiger partial charge in [0.05, 0.1) is 16.9 Å². The Morgan fingerprint density at radius 1 is 1.12 bits per heavy atom. The Morgan fingerprint density at radius 2 is 1.96 bits per heavy atom. The summed E-state index contributed by atoms with van der Waals surface area (Å²) in [6.07, 6.45) is 4.01. The number of aromatic carboxylic acids is 1. The molecule has 5 nitrogen and oxygen atoms in total. The summed E-state index contributed by atoms with van der Waals surface area (Å²) in [5.74, 6) is 0.0681. The van der Waals surface area contributed by atoms with E-state index < -0.39 is 5.97 Å². The lowest BCUT2D eigenvalue weighted by molar-refractivity contribution is 0.0697. The van der Waals surface area contributed by atoms with Gasteiger partial charge in [0.2, 0.25) is 0 Å². The number of hydrogen-bond acceptors (Lipinski definition) is 3. The number of carboxylic acids is 1. The van der Waals surface area contributed by atoms with E-state index in [2.05, 4.69) is 17.4 Å². The van der Waals surface area contributed by atoms with Gasteiger partial charge in [-0.1, -0.05) is 36.4 Å². The highest BCUT2D eigenvalue weighted by atomic mass is 16.4. The number of carboxylic acid groups (broad SMARTS) is 1. The molecule has 26 heavy (non-hydrogen) atoms. The fourth-order valence-corrected chi connectivity index (χ4v) is 3.46. The smallest absolute Gasteiger partial charge is 0.335 e. The summed E-state index contributed by atoms with van der Waals surface area (Å²) >= 11 is 0. The van der Waals surface area contributed by atoms with E-state index in [0.717, 1.165) is 49.4 Å². The standard InChI is InChI=1S/C21H21N3O2/c25-21(26)16-9-6-10-17(14-16)24-20-18(11-4-5-12-22-20)19(23-24)13-15-7-2-1-3-8-15/h1-3,6-10,14,22H,4-5,11-13H2,(H,25,26). The van der Waals surface area contributed by atoms with Gasteiger partial charge in [-0.2, -0.15) is 5.10 Å². The Balaban J connectivity index is 1.80. The second-order valence-corrected chi connectivity index (χ2v) is 6.59. The van der Waals surface area contributed by atoms with Crippen molar-refractivity contribution in [1.29, 1.82) is 0 Å². The third-order valence-electron chi connectivity index (χ3n) is 4.76. The molecular formula is C21H21N3O2. The first-order valence-corrected chi connectivity index (χ1v) is 8.94. The molecule has 5 heteroatoms. The summed E-state index contributed by atoms with van der Waals surface area (Å²) in [6.45, 7) is 0.905. The lowest BCUT2D eigenvalue weighted by Crippen LogP contribution is -2.08. The van der Waals surface area contributed by atoms with Crippen molar-refractivity contribution in [3.63, 3.8) is 0 Å². The van der Waals surface area contributed by atoms with Crippen LogP contribution in [-0.2, 0) is 12.8 Å². The molecule has 2 aromatic carbocycles. The predicted octanol–water partition coefficient (Wildman–Crippen LogP) is 3.91. The molecule has 0 saturated heterocycles. The lowest BCUT2D eigenvalue weighted by Gasteiger charge is -2.09. The quantitative estimate of drug-likeness (QED) is 0.751. The second kappa shape index (κ2) is 7.04. The normalized spacial score (nSPS) is 13.5. The third-order valence-corrected chi connectivity index (χ3v) is 4.76. The summed E-state index contributed by atoms with van der Waals surface area (Å²) in [7, 11) is 0. The van der Waals surface area contributed by atoms with E-state index in [0.29, 0.717) is 0 Å². The van der Waals surface area contributed by atoms with Gasteiger partial charge in [-0.25, -0.2) is 9.48 Å². The molecule has 0 spiro atoms. The van der Waals surface area contributed by atoms with E-state index in [9.17, 15) is 9.90 Å². The summed E-state index contributed by atoms with van der Waals surface area (Å²) in [5, 5.41) is 17.7. The van der Waals surface area contributed by atoms with E-state index in [-0.39, 0.29) is 5.56 Å². The van der Waals surface area contributed by atoms with Gasteiger partial charge < -0.3 is 10.4 Å². The molecule has 2 heterocycles. The van der Waals surface area contributed by atoms with Crippen LogP contribution in [0.5, 0.6) is 0 Å². The van der Waals surface area contributed by atoms with Crippen LogP contribution < -0.4 is 5.32 Å². The summed E-state index contributed by atoms with van der Waals surface area (Å²) in [4.78, 5) is 11.3. The van der Waals surface area contributed by atoms with Crippen molar-refractivity contribution in [2.45, 2.75) is 25.7 Å². The fourth-order valence-electron chi connectivity index (χ4n) is 3.46. The number of nitrogens with one attached hydrogen (secondary N) is 1. The Kier molecular flexibility index (Phi) is 4.44. The van der Waals surface area contributed by atoms with Crippen LogP contribution in [0.1, 0.15) is 40.0 Å². The zero-order chi connectivity index (χ0) is 17.9. The van der Waals surface area contributed by atoms with Crippen LogP contribution >= 0.6 is 0 Å². The van der Waals surface area contributed by atoms with E-state index in [1.165, 1.54) is 11.1 Å². The van der Waals surface area contributed by atoms with Crippen LogP contribution in [0, 0.1) is 0 Å². The van der Waals surface area contributed by atoms with Crippen LogP contribution in [0.15, 0.2) is 54.6 Å². The molecule has 0 bridgehead atoms. The van der Waals surface area contributed by atoms with E-state index in [4.69, 9.17) is 5.10 Å². The average molecular weight is 347 g/mol. The number of rotatable bonds is 4. The summed E-state index contributed by atoms with van der Waals surface area (Å²) < 4.78 is 1.87. The van der Waals surface area contributed by atoms with Gasteiger partial charge >= 0.3 is 5.97 Å². The first kappa shape index (κ1) is 16.4. The number of aromatic nitrogens is 2. The molecule has 1 aliphatic heterocycles. The van der Waals surface area contributed by atoms with E-state index in [1.807, 2.05) is 28.9 Å². The molecule has 4 rings (SSSR count). The third kappa shape index (κ3) is 3.20. The summed E-state index contributed by atoms with van der Waals surface area (Å²) in [6, 6.07) is 17.3. The molecule has 1 aromatic heterocycles. The van der Waals surface area contributed by atoms with Crippen LogP contribution in [0.4, 0.5) is 5.82 Å². The number of benzene rings is 2. The molecule has 3 aromatic rings. The minimum absolute atomic E-state index is 0.269. The van der Waals surface area contributed by atoms with Crippen molar-refractivity contribution in [2.75, 3.05) is 11.9 Å². The zero-order valence-electron chi connectivity index (χ0n) is 14.5. The zero-order valence-corrected chi connectivity index (χ0v) is 14.5. The van der Waals surface area contributed by atoms with Gasteiger partial charge in [0.15, 0.2) is 0 Å². The molecule has 0 aliphatic carbocycles. The van der Waals surface area contributed by atoms with Crippen LogP contribution in [0.2, 0.25) is 0 Å². The fraction of sp³-hybridized carbons (Fsp3) is 0.238. The van der Waals surface area contributed by atoms with E-state index >= 15 is 0 Å². The molecule has 0 unspecified atom stereocenters. The number of hydrogen-bond donors (Lipinski definition) is 2. The van der Waals surface area contributed by atoms with Crippen molar-refractivity contribution < 1.29 is 9.90 Å². The van der Waals surface area contributed by atoms with Gasteiger partial charge in [-0.3, -0.25) is 0 Å². The maximum Gasteiger partial charge on any atom is 0.335 e. The highest BCUT2D eigenvalue weighted by Crippen LogP contribution is 2.29. The first-order valence-electron chi connectivity index (χ1n) is 8.94. The minimum atomic E-state index is -0.928. The largest absolute Gasteiger partial charge is 0.478 e. The summed E-state index contributed by atoms with van der Waals surface area (Å²) in [5.41, 5.74) is 4.57. The molecule has 0 amide bonds. The molecule has 0 fully saturated rings. The van der Waals surface area contributed by atoms with Crippen molar-refractivity contribution in [1.82, 2.24) is 9.78 Å². The molecular weight excluding hydrogens is 326 g/mol. The molecule has 132 valence electrons. The van der Waals surface area contributed by atoms with Crippen molar-refractivity contribution in [3.8, 4) is 5.69 Å². The molecule has 0 radical (unpaired) electrons. The highest BCUT2D eigenvalue weighted by Gasteiger charge is 2.21. The van der Waals surface area contributed by atoms with Gasteiger partial charge in [0.25, 0.3) is 0 Å². The predicted molar refractivity (Wildman–Crippen MR) is 101 cm³/mol. The van der Waals surface area contributed by atoms with E-state index in [1.54, 1.807) is 18.2 Å². The van der Waals surface area contributed by atoms with Crippen LogP contribution in [0.3, 0.4) is 0 Å². The molecule has 0 saturated carbocycles. The van der Waals surface area contributed by atoms with Crippen LogP contribution in [-0.4, -0.2) is 27.4 Å². The molecule has 0 atom stereocenters. The van der Waals surface area contributed by atoms with Gasteiger partial charge in [0.1, 0.15) is 5.82 Å². The first-order chi connectivity index (χ1) is 12.7. The monoisotopic (exact) mass is 347 g/mol. The Morgan fingerprint density at radius 3 is 2.77 bits per heavy atom. The molecule has 1 aliphatic rings. The lowest BCUT2D eigenvalue weighted by atomic mass is 10.0. The average Bonchev–Trinajstić information content (AvgIpc) is 2.83. The second-order valence-electron chi connectivity index (χ2n) is 6.59. The Bertz CT molecular complexity index is 932. The van der Waals surface area contributed by atoms with Crippen molar-refractivity contribution in [3.05, 3.63) is 77.0 Å². The topological polar surface area (TPSA) is 67.1 Å². The Hall–Kier alpha value is -3.08. The SMILES string of the molecule is O=C(O)c1cccc(-n2nc(Cc3ccccc3)c3c2NCCCC3)c1.